The molecule has 1 aromatic carbocycles. The Kier molecular flexibility index (Phi) is 8.22. The second-order valence-corrected chi connectivity index (χ2v) is 5.68. The van der Waals surface area contributed by atoms with Gasteiger partial charge in [0.2, 0.25) is 5.91 Å². The lowest BCUT2D eigenvalue weighted by atomic mass is 9.97. The molecule has 0 radical (unpaired) electrons. The molecule has 1 rings (SSSR count). The molecular weight excluding hydrogens is 304 g/mol. The predicted octanol–water partition coefficient (Wildman–Crippen LogP) is 3.61. The average Bonchev–Trinajstić information content (AvgIpc) is 2.45. The lowest BCUT2D eigenvalue weighted by Gasteiger charge is -2.13. The third kappa shape index (κ3) is 7.72. The number of nitrogens with one attached hydrogen (secondary N) is 1. The SMILES string of the molecule is CC(CC(=O)NCCCCCCC(=O)O)c1ccc(F)cc1F. The van der Waals surface area contributed by atoms with Crippen LogP contribution in [-0.4, -0.2) is 23.5 Å². The second-order valence-electron chi connectivity index (χ2n) is 5.68. The summed E-state index contributed by atoms with van der Waals surface area (Å²) in [6.07, 6.45) is 3.42. The quantitative estimate of drug-likeness (QED) is 0.645. The highest BCUT2D eigenvalue weighted by Gasteiger charge is 2.15. The van der Waals surface area contributed by atoms with Gasteiger partial charge in [0.1, 0.15) is 11.6 Å². The Hall–Kier alpha value is -1.98. The van der Waals surface area contributed by atoms with E-state index in [1.807, 2.05) is 0 Å². The zero-order chi connectivity index (χ0) is 17.2. The standard InChI is InChI=1S/C17H23F2NO3/c1-12(14-8-7-13(18)11-15(14)19)10-16(21)20-9-5-3-2-4-6-17(22)23/h7-8,11-12H,2-6,9-10H2,1H3,(H,20,21)(H,22,23). The van der Waals surface area contributed by atoms with Crippen LogP contribution in [0.15, 0.2) is 18.2 Å². The lowest BCUT2D eigenvalue weighted by molar-refractivity contribution is -0.137. The number of rotatable bonds is 10. The number of carbonyl (C=O) groups excluding carboxylic acids is 1. The Morgan fingerprint density at radius 3 is 2.52 bits per heavy atom. The molecule has 23 heavy (non-hydrogen) atoms. The average molecular weight is 327 g/mol. The molecular formula is C17H23F2NO3. The maximum atomic E-state index is 13.6. The smallest absolute Gasteiger partial charge is 0.303 e. The Balaban J connectivity index is 2.22. The van der Waals surface area contributed by atoms with Gasteiger partial charge in [0.15, 0.2) is 0 Å². The Morgan fingerprint density at radius 1 is 1.17 bits per heavy atom. The maximum Gasteiger partial charge on any atom is 0.303 e. The van der Waals surface area contributed by atoms with Gasteiger partial charge < -0.3 is 10.4 Å². The number of halogens is 2. The minimum Gasteiger partial charge on any atom is -0.481 e. The van der Waals surface area contributed by atoms with Gasteiger partial charge in [-0.25, -0.2) is 8.78 Å². The van der Waals surface area contributed by atoms with E-state index >= 15 is 0 Å². The van der Waals surface area contributed by atoms with Gasteiger partial charge in [0.05, 0.1) is 0 Å². The van der Waals surface area contributed by atoms with Crippen LogP contribution in [0.4, 0.5) is 8.78 Å². The van der Waals surface area contributed by atoms with Crippen LogP contribution in [-0.2, 0) is 9.59 Å². The van der Waals surface area contributed by atoms with Crippen molar-refractivity contribution in [1.29, 1.82) is 0 Å². The molecule has 1 aromatic rings. The Bertz CT molecular complexity index is 535. The molecule has 2 N–H and O–H groups in total. The van der Waals surface area contributed by atoms with E-state index in [4.69, 9.17) is 5.11 Å². The van der Waals surface area contributed by atoms with Gasteiger partial charge >= 0.3 is 5.97 Å². The van der Waals surface area contributed by atoms with Gasteiger partial charge in [-0.1, -0.05) is 25.8 Å². The predicted molar refractivity (Wildman–Crippen MR) is 83.1 cm³/mol. The molecule has 0 aliphatic rings. The molecule has 0 heterocycles. The van der Waals surface area contributed by atoms with E-state index in [0.29, 0.717) is 18.5 Å². The van der Waals surface area contributed by atoms with Crippen molar-refractivity contribution in [3.63, 3.8) is 0 Å². The van der Waals surface area contributed by atoms with Crippen molar-refractivity contribution in [2.45, 2.75) is 51.4 Å². The lowest BCUT2D eigenvalue weighted by Crippen LogP contribution is -2.25. The van der Waals surface area contributed by atoms with E-state index in [0.717, 1.165) is 25.3 Å². The van der Waals surface area contributed by atoms with E-state index in [1.165, 1.54) is 12.1 Å². The largest absolute Gasteiger partial charge is 0.481 e. The second kappa shape index (κ2) is 9.92. The zero-order valence-electron chi connectivity index (χ0n) is 13.3. The normalized spacial score (nSPS) is 12.0. The van der Waals surface area contributed by atoms with Crippen molar-refractivity contribution in [3.05, 3.63) is 35.4 Å². The first-order chi connectivity index (χ1) is 10.9. The van der Waals surface area contributed by atoms with Gasteiger partial charge in [-0.05, 0) is 30.4 Å². The summed E-state index contributed by atoms with van der Waals surface area (Å²) in [6, 6.07) is 3.37. The fourth-order valence-electron chi connectivity index (χ4n) is 2.34. The van der Waals surface area contributed by atoms with Crippen LogP contribution in [0.25, 0.3) is 0 Å². The van der Waals surface area contributed by atoms with Crippen LogP contribution in [0.3, 0.4) is 0 Å². The van der Waals surface area contributed by atoms with Crippen molar-refractivity contribution in [1.82, 2.24) is 5.32 Å². The number of carboxylic acid groups (broad SMARTS) is 1. The van der Waals surface area contributed by atoms with E-state index < -0.39 is 17.6 Å². The Morgan fingerprint density at radius 2 is 1.87 bits per heavy atom. The first-order valence-corrected chi connectivity index (χ1v) is 7.83. The maximum absolute atomic E-state index is 13.6. The molecule has 0 aromatic heterocycles. The van der Waals surface area contributed by atoms with Crippen LogP contribution in [0.5, 0.6) is 0 Å². The van der Waals surface area contributed by atoms with E-state index in [-0.39, 0.29) is 24.7 Å². The van der Waals surface area contributed by atoms with Crippen molar-refractivity contribution in [2.24, 2.45) is 0 Å². The topological polar surface area (TPSA) is 66.4 Å². The van der Waals surface area contributed by atoms with Crippen LogP contribution in [0.1, 0.15) is 56.9 Å². The van der Waals surface area contributed by atoms with Gasteiger partial charge in [-0.15, -0.1) is 0 Å². The summed E-state index contributed by atoms with van der Waals surface area (Å²) in [6.45, 7) is 2.24. The highest BCUT2D eigenvalue weighted by Crippen LogP contribution is 2.22. The molecule has 0 fully saturated rings. The zero-order valence-corrected chi connectivity index (χ0v) is 13.3. The van der Waals surface area contributed by atoms with E-state index in [1.54, 1.807) is 6.92 Å². The third-order valence-corrected chi connectivity index (χ3v) is 3.62. The molecule has 1 amide bonds. The first-order valence-electron chi connectivity index (χ1n) is 7.83. The molecule has 128 valence electrons. The minimum absolute atomic E-state index is 0.140. The highest BCUT2D eigenvalue weighted by atomic mass is 19.1. The van der Waals surface area contributed by atoms with E-state index in [2.05, 4.69) is 5.32 Å². The number of aliphatic carboxylic acids is 1. The number of hydrogen-bond acceptors (Lipinski definition) is 2. The molecule has 6 heteroatoms. The molecule has 4 nitrogen and oxygen atoms in total. The Labute approximate surface area is 134 Å². The molecule has 0 spiro atoms. The van der Waals surface area contributed by atoms with Gasteiger partial charge in [0.25, 0.3) is 0 Å². The minimum atomic E-state index is -0.791. The van der Waals surface area contributed by atoms with E-state index in [9.17, 15) is 18.4 Å². The number of amides is 1. The third-order valence-electron chi connectivity index (χ3n) is 3.62. The number of carboxylic acids is 1. The summed E-state index contributed by atoms with van der Waals surface area (Å²) in [5.74, 6) is -2.56. The van der Waals surface area contributed by atoms with Crippen molar-refractivity contribution in [2.75, 3.05) is 6.54 Å². The molecule has 1 atom stereocenters. The van der Waals surface area contributed by atoms with Gasteiger partial charge in [0, 0.05) is 25.5 Å². The van der Waals surface area contributed by atoms with Crippen LogP contribution in [0, 0.1) is 11.6 Å². The summed E-state index contributed by atoms with van der Waals surface area (Å²) in [7, 11) is 0. The summed E-state index contributed by atoms with van der Waals surface area (Å²) in [5.41, 5.74) is 0.329. The molecule has 0 aliphatic heterocycles. The molecule has 0 aliphatic carbocycles. The molecule has 0 bridgehead atoms. The van der Waals surface area contributed by atoms with Gasteiger partial charge in [-0.2, -0.15) is 0 Å². The monoisotopic (exact) mass is 327 g/mol. The van der Waals surface area contributed by atoms with Gasteiger partial charge in [-0.3, -0.25) is 9.59 Å². The number of unbranched alkanes of at least 4 members (excludes halogenated alkanes) is 3. The highest BCUT2D eigenvalue weighted by molar-refractivity contribution is 5.76. The summed E-state index contributed by atoms with van der Waals surface area (Å²) in [4.78, 5) is 22.1. The first kappa shape index (κ1) is 19.1. The molecule has 0 saturated carbocycles. The van der Waals surface area contributed by atoms with Crippen LogP contribution in [0.2, 0.25) is 0 Å². The van der Waals surface area contributed by atoms with Crippen LogP contribution >= 0.6 is 0 Å². The summed E-state index contributed by atoms with van der Waals surface area (Å²) in [5, 5.41) is 11.3. The number of hydrogen-bond donors (Lipinski definition) is 2. The number of benzene rings is 1. The molecule has 0 saturated heterocycles. The van der Waals surface area contributed by atoms with Crippen molar-refractivity contribution in [3.8, 4) is 0 Å². The fourth-order valence-corrected chi connectivity index (χ4v) is 2.34. The summed E-state index contributed by atoms with van der Waals surface area (Å²) < 4.78 is 26.5. The number of carbonyl (C=O) groups is 2. The van der Waals surface area contributed by atoms with Crippen molar-refractivity contribution >= 4 is 11.9 Å². The fraction of sp³-hybridized carbons (Fsp3) is 0.529. The molecule has 1 unspecified atom stereocenters. The van der Waals surface area contributed by atoms with Crippen molar-refractivity contribution < 1.29 is 23.5 Å². The summed E-state index contributed by atoms with van der Waals surface area (Å²) >= 11 is 0. The van der Waals surface area contributed by atoms with Crippen LogP contribution < -0.4 is 5.32 Å².